The molecular formula is C28H28N4O4. The Hall–Kier alpha value is -4.59. The Labute approximate surface area is 209 Å². The van der Waals surface area contributed by atoms with Gasteiger partial charge >= 0.3 is 6.09 Å². The van der Waals surface area contributed by atoms with Crippen molar-refractivity contribution in [1.29, 1.82) is 0 Å². The van der Waals surface area contributed by atoms with Gasteiger partial charge in [0.15, 0.2) is 5.88 Å². The number of rotatable bonds is 6. The number of hydrogen-bond donors (Lipinski definition) is 4. The number of benzene rings is 3. The third-order valence-electron chi connectivity index (χ3n) is 5.15. The third kappa shape index (κ3) is 6.09. The van der Waals surface area contributed by atoms with Crippen molar-refractivity contribution in [2.24, 2.45) is 4.99 Å². The Morgan fingerprint density at radius 1 is 0.944 bits per heavy atom. The third-order valence-corrected chi connectivity index (χ3v) is 5.15. The van der Waals surface area contributed by atoms with E-state index in [2.05, 4.69) is 15.6 Å². The van der Waals surface area contributed by atoms with Crippen molar-refractivity contribution in [3.8, 4) is 5.88 Å². The molecule has 1 heterocycles. The van der Waals surface area contributed by atoms with Gasteiger partial charge in [-0.25, -0.2) is 9.79 Å². The number of anilines is 1. The van der Waals surface area contributed by atoms with Crippen molar-refractivity contribution < 1.29 is 19.4 Å². The zero-order valence-corrected chi connectivity index (χ0v) is 20.3. The first-order valence-corrected chi connectivity index (χ1v) is 11.5. The van der Waals surface area contributed by atoms with Crippen molar-refractivity contribution >= 4 is 40.0 Å². The van der Waals surface area contributed by atoms with Gasteiger partial charge in [0.1, 0.15) is 12.1 Å². The van der Waals surface area contributed by atoms with Gasteiger partial charge in [0.05, 0.1) is 17.0 Å². The lowest BCUT2D eigenvalue weighted by molar-refractivity contribution is -0.115. The summed E-state index contributed by atoms with van der Waals surface area (Å²) in [6.07, 6.45) is -0.656. The lowest BCUT2D eigenvalue weighted by Crippen LogP contribution is -2.37. The van der Waals surface area contributed by atoms with Gasteiger partial charge in [0.2, 0.25) is 5.91 Å². The van der Waals surface area contributed by atoms with E-state index in [9.17, 15) is 14.7 Å². The Morgan fingerprint density at radius 2 is 1.61 bits per heavy atom. The quantitative estimate of drug-likeness (QED) is 0.270. The van der Waals surface area contributed by atoms with Crippen LogP contribution in [0.3, 0.4) is 0 Å². The summed E-state index contributed by atoms with van der Waals surface area (Å²) in [5.74, 6) is -0.342. The van der Waals surface area contributed by atoms with Gasteiger partial charge in [-0.2, -0.15) is 0 Å². The molecule has 4 rings (SSSR count). The van der Waals surface area contributed by atoms with Gasteiger partial charge in [-0.1, -0.05) is 48.5 Å². The van der Waals surface area contributed by atoms with Gasteiger partial charge in [0, 0.05) is 22.2 Å². The Bertz CT molecular complexity index is 1400. The van der Waals surface area contributed by atoms with Crippen molar-refractivity contribution in [3.05, 3.63) is 90.0 Å². The zero-order valence-electron chi connectivity index (χ0n) is 20.3. The molecular weight excluding hydrogens is 456 g/mol. The van der Waals surface area contributed by atoms with Crippen LogP contribution in [-0.2, 0) is 9.53 Å². The SMILES string of the molecule is CC(C)(C)OC(=O)NCC(=O)Nc1ccc(N=C(c2ccccc2)c2c(O)[nH]c3ccccc23)cc1. The van der Waals surface area contributed by atoms with Gasteiger partial charge in [-0.15, -0.1) is 0 Å². The number of amides is 2. The lowest BCUT2D eigenvalue weighted by atomic mass is 10.0. The summed E-state index contributed by atoms with van der Waals surface area (Å²) in [4.78, 5) is 31.8. The number of nitrogens with one attached hydrogen (secondary N) is 3. The number of alkyl carbamates (subject to hydrolysis) is 1. The molecule has 2 amide bonds. The van der Waals surface area contributed by atoms with E-state index >= 15 is 0 Å². The Morgan fingerprint density at radius 3 is 2.31 bits per heavy atom. The fraction of sp³-hybridized carbons (Fsp3) is 0.179. The van der Waals surface area contributed by atoms with Crippen molar-refractivity contribution in [2.75, 3.05) is 11.9 Å². The highest BCUT2D eigenvalue weighted by Crippen LogP contribution is 2.31. The molecule has 4 N–H and O–H groups in total. The Balaban J connectivity index is 1.54. The van der Waals surface area contributed by atoms with E-state index in [0.29, 0.717) is 22.6 Å². The maximum absolute atomic E-state index is 12.2. The monoisotopic (exact) mass is 484 g/mol. The molecule has 0 aliphatic heterocycles. The molecule has 0 spiro atoms. The van der Waals surface area contributed by atoms with E-state index in [1.165, 1.54) is 0 Å². The number of aromatic hydroxyl groups is 1. The zero-order chi connectivity index (χ0) is 25.7. The molecule has 0 aliphatic rings. The number of fused-ring (bicyclic) bond motifs is 1. The number of aromatic nitrogens is 1. The second kappa shape index (κ2) is 10.4. The molecule has 0 aliphatic carbocycles. The van der Waals surface area contributed by atoms with E-state index < -0.39 is 11.7 Å². The minimum absolute atomic E-state index is 0.0418. The summed E-state index contributed by atoms with van der Waals surface area (Å²) in [5.41, 5.74) is 3.45. The van der Waals surface area contributed by atoms with Crippen LogP contribution >= 0.6 is 0 Å². The maximum Gasteiger partial charge on any atom is 0.408 e. The number of H-pyrrole nitrogens is 1. The second-order valence-electron chi connectivity index (χ2n) is 9.17. The molecule has 0 atom stereocenters. The molecule has 1 aromatic heterocycles. The van der Waals surface area contributed by atoms with Gasteiger partial charge < -0.3 is 25.5 Å². The molecule has 0 saturated carbocycles. The van der Waals surface area contributed by atoms with Crippen molar-refractivity contribution in [3.63, 3.8) is 0 Å². The van der Waals surface area contributed by atoms with E-state index in [1.807, 2.05) is 54.6 Å². The maximum atomic E-state index is 12.2. The molecule has 0 fully saturated rings. The van der Waals surface area contributed by atoms with E-state index in [-0.39, 0.29) is 18.3 Å². The fourth-order valence-corrected chi connectivity index (χ4v) is 3.65. The van der Waals surface area contributed by atoms with Crippen LogP contribution in [0.4, 0.5) is 16.2 Å². The number of para-hydroxylation sites is 1. The minimum atomic E-state index is -0.656. The smallest absolute Gasteiger partial charge is 0.408 e. The molecule has 0 bridgehead atoms. The molecule has 0 radical (unpaired) electrons. The summed E-state index contributed by atoms with van der Waals surface area (Å²) in [7, 11) is 0. The number of nitrogens with zero attached hydrogens (tertiary/aromatic N) is 1. The number of carbonyl (C=O) groups is 2. The number of aromatic amines is 1. The molecule has 8 nitrogen and oxygen atoms in total. The predicted octanol–water partition coefficient (Wildman–Crippen LogP) is 5.51. The van der Waals surface area contributed by atoms with Gasteiger partial charge in [0.25, 0.3) is 0 Å². The number of carbonyl (C=O) groups excluding carboxylic acids is 2. The molecule has 0 saturated heterocycles. The van der Waals surface area contributed by atoms with Crippen LogP contribution in [0.15, 0.2) is 83.9 Å². The average Bonchev–Trinajstić information content (AvgIpc) is 3.17. The number of ether oxygens (including phenoxy) is 1. The van der Waals surface area contributed by atoms with Crippen LogP contribution in [0.2, 0.25) is 0 Å². The van der Waals surface area contributed by atoms with E-state index in [4.69, 9.17) is 9.73 Å². The van der Waals surface area contributed by atoms with Crippen molar-refractivity contribution in [2.45, 2.75) is 26.4 Å². The lowest BCUT2D eigenvalue weighted by Gasteiger charge is -2.19. The average molecular weight is 485 g/mol. The van der Waals surface area contributed by atoms with Gasteiger partial charge in [-0.05, 0) is 51.1 Å². The summed E-state index contributed by atoms with van der Waals surface area (Å²) < 4.78 is 5.13. The highest BCUT2D eigenvalue weighted by molar-refractivity contribution is 6.21. The first-order chi connectivity index (χ1) is 17.2. The van der Waals surface area contributed by atoms with Crippen molar-refractivity contribution in [1.82, 2.24) is 10.3 Å². The normalized spacial score (nSPS) is 11.8. The molecule has 8 heteroatoms. The highest BCUT2D eigenvalue weighted by atomic mass is 16.6. The largest absolute Gasteiger partial charge is 0.494 e. The van der Waals surface area contributed by atoms with Crippen LogP contribution in [-0.4, -0.2) is 39.9 Å². The standard InChI is InChI=1S/C28H28N4O4/c1-28(2,3)36-27(35)29-17-23(33)30-19-13-15-20(16-14-19)31-25(18-9-5-4-6-10-18)24-21-11-7-8-12-22(21)32-26(24)34/h4-16,32,34H,17H2,1-3H3,(H,29,35)(H,30,33). The van der Waals surface area contributed by atoms with Crippen LogP contribution in [0, 0.1) is 0 Å². The van der Waals surface area contributed by atoms with Gasteiger partial charge in [-0.3, -0.25) is 4.79 Å². The molecule has 0 unspecified atom stereocenters. The summed E-state index contributed by atoms with van der Waals surface area (Å²) in [6.45, 7) is 5.03. The summed E-state index contributed by atoms with van der Waals surface area (Å²) >= 11 is 0. The predicted molar refractivity (Wildman–Crippen MR) is 141 cm³/mol. The van der Waals surface area contributed by atoms with E-state index in [0.717, 1.165) is 16.5 Å². The summed E-state index contributed by atoms with van der Waals surface area (Å²) in [6, 6.07) is 24.3. The fourth-order valence-electron chi connectivity index (χ4n) is 3.65. The van der Waals surface area contributed by atoms with Crippen LogP contribution in [0.25, 0.3) is 10.9 Å². The molecule has 36 heavy (non-hydrogen) atoms. The number of hydrogen-bond acceptors (Lipinski definition) is 5. The number of aliphatic imine (C=N–C) groups is 1. The topological polar surface area (TPSA) is 116 Å². The summed E-state index contributed by atoms with van der Waals surface area (Å²) in [5, 5.41) is 16.7. The minimum Gasteiger partial charge on any atom is -0.494 e. The first-order valence-electron chi connectivity index (χ1n) is 11.5. The van der Waals surface area contributed by atoms with E-state index in [1.54, 1.807) is 45.0 Å². The highest BCUT2D eigenvalue weighted by Gasteiger charge is 2.19. The molecule has 3 aromatic carbocycles. The van der Waals surface area contributed by atoms with Crippen LogP contribution < -0.4 is 10.6 Å². The molecule has 184 valence electrons. The van der Waals surface area contributed by atoms with Crippen LogP contribution in [0.1, 0.15) is 31.9 Å². The second-order valence-corrected chi connectivity index (χ2v) is 9.17. The Kier molecular flexibility index (Phi) is 7.05. The molecule has 4 aromatic rings. The van der Waals surface area contributed by atoms with Crippen LogP contribution in [0.5, 0.6) is 5.88 Å². The first kappa shape index (κ1) is 24.5.